The molecular formula is C21H32N4O2S. The molecule has 0 atom stereocenters. The van der Waals surface area contributed by atoms with Crippen LogP contribution in [-0.2, 0) is 17.9 Å². The van der Waals surface area contributed by atoms with Gasteiger partial charge in [-0.2, -0.15) is 0 Å². The van der Waals surface area contributed by atoms with Crippen LogP contribution in [0.25, 0.3) is 11.0 Å². The molecular weight excluding hydrogens is 372 g/mol. The fourth-order valence-electron chi connectivity index (χ4n) is 4.05. The highest BCUT2D eigenvalue weighted by Gasteiger charge is 2.22. The normalized spacial score (nSPS) is 20.1. The van der Waals surface area contributed by atoms with Crippen molar-refractivity contribution in [1.29, 1.82) is 0 Å². The molecule has 2 aromatic rings. The fraction of sp³-hybridized carbons (Fsp3) is 0.667. The number of thioether (sulfide) groups is 1. The maximum atomic E-state index is 13.2. The summed E-state index contributed by atoms with van der Waals surface area (Å²) in [5, 5.41) is 3.89. The van der Waals surface area contributed by atoms with Gasteiger partial charge in [-0.3, -0.25) is 14.2 Å². The maximum Gasteiger partial charge on any atom is 0.278 e. The summed E-state index contributed by atoms with van der Waals surface area (Å²) in [6, 6.07) is 2.16. The van der Waals surface area contributed by atoms with Crippen LogP contribution in [0.3, 0.4) is 0 Å². The molecule has 1 aliphatic rings. The second-order valence-electron chi connectivity index (χ2n) is 8.54. The lowest BCUT2D eigenvalue weighted by Gasteiger charge is -2.27. The van der Waals surface area contributed by atoms with Gasteiger partial charge < -0.3 is 9.88 Å². The highest BCUT2D eigenvalue weighted by molar-refractivity contribution is 7.98. The molecule has 0 aromatic carbocycles. The monoisotopic (exact) mass is 404 g/mol. The van der Waals surface area contributed by atoms with Gasteiger partial charge in [0.25, 0.3) is 5.56 Å². The van der Waals surface area contributed by atoms with Crippen molar-refractivity contribution in [2.45, 2.75) is 77.7 Å². The number of rotatable bonds is 6. The SMILES string of the molecule is CSc1nc2cc(C)n(CC(=O)NC3CCC(C)CC3)c2c(=O)n1CC(C)C. The number of aromatic nitrogens is 3. The molecule has 154 valence electrons. The van der Waals surface area contributed by atoms with Crippen molar-refractivity contribution in [2.75, 3.05) is 6.26 Å². The van der Waals surface area contributed by atoms with Gasteiger partial charge in [-0.1, -0.05) is 32.5 Å². The number of hydrogen-bond donors (Lipinski definition) is 1. The number of carbonyl (C=O) groups excluding carboxylic acids is 1. The third-order valence-electron chi connectivity index (χ3n) is 5.59. The van der Waals surface area contributed by atoms with E-state index in [9.17, 15) is 9.59 Å². The number of amides is 1. The quantitative estimate of drug-likeness (QED) is 0.590. The summed E-state index contributed by atoms with van der Waals surface area (Å²) in [7, 11) is 0. The van der Waals surface area contributed by atoms with Crippen LogP contribution in [0.15, 0.2) is 16.0 Å². The van der Waals surface area contributed by atoms with Crippen LogP contribution in [0, 0.1) is 18.8 Å². The number of hydrogen-bond acceptors (Lipinski definition) is 4. The summed E-state index contributed by atoms with van der Waals surface area (Å²) >= 11 is 1.48. The summed E-state index contributed by atoms with van der Waals surface area (Å²) in [6.45, 7) is 9.16. The number of carbonyl (C=O) groups is 1. The minimum absolute atomic E-state index is 0.0242. The Labute approximate surface area is 171 Å². The van der Waals surface area contributed by atoms with Crippen molar-refractivity contribution in [2.24, 2.45) is 11.8 Å². The van der Waals surface area contributed by atoms with Gasteiger partial charge in [0.2, 0.25) is 5.91 Å². The topological polar surface area (TPSA) is 68.9 Å². The van der Waals surface area contributed by atoms with Crippen LogP contribution >= 0.6 is 11.8 Å². The van der Waals surface area contributed by atoms with Crippen LogP contribution < -0.4 is 10.9 Å². The van der Waals surface area contributed by atoms with Gasteiger partial charge in [-0.05, 0) is 56.8 Å². The van der Waals surface area contributed by atoms with E-state index < -0.39 is 0 Å². The van der Waals surface area contributed by atoms with E-state index in [-0.39, 0.29) is 24.1 Å². The van der Waals surface area contributed by atoms with E-state index >= 15 is 0 Å². The Morgan fingerprint density at radius 3 is 2.57 bits per heavy atom. The average Bonchev–Trinajstić information content (AvgIpc) is 2.94. The Kier molecular flexibility index (Phi) is 6.53. The zero-order valence-corrected chi connectivity index (χ0v) is 18.4. The Balaban J connectivity index is 1.89. The molecule has 1 amide bonds. The lowest BCUT2D eigenvalue weighted by atomic mass is 9.87. The third kappa shape index (κ3) is 4.45. The lowest BCUT2D eigenvalue weighted by molar-refractivity contribution is -0.122. The smallest absolute Gasteiger partial charge is 0.278 e. The van der Waals surface area contributed by atoms with Crippen LogP contribution in [0.1, 0.15) is 52.1 Å². The molecule has 1 saturated carbocycles. The Bertz CT molecular complexity index is 907. The third-order valence-corrected chi connectivity index (χ3v) is 6.27. The number of fused-ring (bicyclic) bond motifs is 1. The van der Waals surface area contributed by atoms with E-state index in [1.807, 2.05) is 23.8 Å². The van der Waals surface area contributed by atoms with Crippen LogP contribution in [0.4, 0.5) is 0 Å². The van der Waals surface area contributed by atoms with E-state index in [0.29, 0.717) is 23.5 Å². The standard InChI is InChI=1S/C21H32N4O2S/c1-13(2)11-25-20(27)19-17(23-21(25)28-5)10-15(4)24(19)12-18(26)22-16-8-6-14(3)7-9-16/h10,13-14,16H,6-9,11-12H2,1-5H3,(H,22,26). The molecule has 0 aliphatic heterocycles. The second kappa shape index (κ2) is 8.72. The van der Waals surface area contributed by atoms with Gasteiger partial charge in [0.1, 0.15) is 12.1 Å². The van der Waals surface area contributed by atoms with Gasteiger partial charge in [-0.25, -0.2) is 4.98 Å². The van der Waals surface area contributed by atoms with Crippen molar-refractivity contribution < 1.29 is 4.79 Å². The Morgan fingerprint density at radius 2 is 1.96 bits per heavy atom. The van der Waals surface area contributed by atoms with Crippen molar-refractivity contribution >= 4 is 28.7 Å². The lowest BCUT2D eigenvalue weighted by Crippen LogP contribution is -2.39. The summed E-state index contributed by atoms with van der Waals surface area (Å²) in [5.41, 5.74) is 2.03. The highest BCUT2D eigenvalue weighted by atomic mass is 32.2. The Morgan fingerprint density at radius 1 is 1.29 bits per heavy atom. The van der Waals surface area contributed by atoms with Gasteiger partial charge in [0.15, 0.2) is 5.16 Å². The van der Waals surface area contributed by atoms with Crippen LogP contribution in [-0.4, -0.2) is 32.3 Å². The molecule has 1 aliphatic carbocycles. The predicted octanol–water partition coefficient (Wildman–Crippen LogP) is 3.58. The first-order valence-corrected chi connectivity index (χ1v) is 11.5. The van der Waals surface area contributed by atoms with Crippen molar-refractivity contribution in [1.82, 2.24) is 19.4 Å². The molecule has 0 bridgehead atoms. The van der Waals surface area contributed by atoms with E-state index in [4.69, 9.17) is 4.98 Å². The van der Waals surface area contributed by atoms with Crippen molar-refractivity contribution in [3.63, 3.8) is 0 Å². The molecule has 0 radical (unpaired) electrons. The summed E-state index contributed by atoms with van der Waals surface area (Å²) < 4.78 is 3.57. The molecule has 0 saturated heterocycles. The predicted molar refractivity (Wildman–Crippen MR) is 115 cm³/mol. The van der Waals surface area contributed by atoms with Crippen LogP contribution in [0.2, 0.25) is 0 Å². The first kappa shape index (κ1) is 21.0. The van der Waals surface area contributed by atoms with Gasteiger partial charge in [0.05, 0.1) is 5.52 Å². The average molecular weight is 405 g/mol. The number of nitrogens with one attached hydrogen (secondary N) is 1. The summed E-state index contributed by atoms with van der Waals surface area (Å²) in [5.74, 6) is 1.06. The molecule has 1 N–H and O–H groups in total. The highest BCUT2D eigenvalue weighted by Crippen LogP contribution is 2.24. The van der Waals surface area contributed by atoms with E-state index in [1.54, 1.807) is 4.57 Å². The molecule has 0 unspecified atom stereocenters. The minimum atomic E-state index is -0.0598. The number of aryl methyl sites for hydroxylation is 1. The molecule has 1 fully saturated rings. The molecule has 7 heteroatoms. The zero-order chi connectivity index (χ0) is 20.4. The molecule has 6 nitrogen and oxygen atoms in total. The molecule has 2 aromatic heterocycles. The number of nitrogens with zero attached hydrogens (tertiary/aromatic N) is 3. The second-order valence-corrected chi connectivity index (χ2v) is 9.31. The van der Waals surface area contributed by atoms with Crippen molar-refractivity contribution in [3.8, 4) is 0 Å². The fourth-order valence-corrected chi connectivity index (χ4v) is 4.62. The van der Waals surface area contributed by atoms with Crippen LogP contribution in [0.5, 0.6) is 0 Å². The van der Waals surface area contributed by atoms with Gasteiger partial charge in [-0.15, -0.1) is 0 Å². The molecule has 0 spiro atoms. The van der Waals surface area contributed by atoms with E-state index in [1.165, 1.54) is 11.8 Å². The molecule has 28 heavy (non-hydrogen) atoms. The van der Waals surface area contributed by atoms with Gasteiger partial charge >= 0.3 is 0 Å². The molecule has 3 rings (SSSR count). The maximum absolute atomic E-state index is 13.2. The van der Waals surface area contributed by atoms with E-state index in [0.717, 1.165) is 42.5 Å². The summed E-state index contributed by atoms with van der Waals surface area (Å²) in [6.07, 6.45) is 6.35. The van der Waals surface area contributed by atoms with E-state index in [2.05, 4.69) is 26.1 Å². The minimum Gasteiger partial charge on any atom is -0.352 e. The first-order valence-electron chi connectivity index (χ1n) is 10.2. The van der Waals surface area contributed by atoms with Gasteiger partial charge in [0, 0.05) is 18.3 Å². The zero-order valence-electron chi connectivity index (χ0n) is 17.6. The van der Waals surface area contributed by atoms with Crippen molar-refractivity contribution in [3.05, 3.63) is 22.1 Å². The molecule has 2 heterocycles. The largest absolute Gasteiger partial charge is 0.352 e. The first-order chi connectivity index (χ1) is 13.3. The Hall–Kier alpha value is -1.76. The summed E-state index contributed by atoms with van der Waals surface area (Å²) in [4.78, 5) is 30.6.